The molecule has 1 aromatic heterocycles. The molecule has 0 unspecified atom stereocenters. The highest BCUT2D eigenvalue weighted by Gasteiger charge is 2.11. The fourth-order valence-electron chi connectivity index (χ4n) is 2.94. The molecule has 0 spiro atoms. The number of fused-ring (bicyclic) bond motifs is 1. The lowest BCUT2D eigenvalue weighted by Gasteiger charge is -2.11. The number of benzene rings is 3. The van der Waals surface area contributed by atoms with Crippen LogP contribution in [0, 0.1) is 23.0 Å². The number of halogens is 2. The molecule has 0 aliphatic rings. The van der Waals surface area contributed by atoms with E-state index in [1.165, 1.54) is 18.3 Å². The molecule has 158 valence electrons. The minimum absolute atomic E-state index is 0.0958. The molecular weight excluding hydrogens is 418 g/mol. The molecule has 0 aliphatic heterocycles. The molecule has 1 heterocycles. The number of carbonyl (C=O) groups excluding carboxylic acids is 1. The predicted molar refractivity (Wildman–Crippen MR) is 114 cm³/mol. The van der Waals surface area contributed by atoms with Gasteiger partial charge in [0.05, 0.1) is 16.8 Å². The summed E-state index contributed by atoms with van der Waals surface area (Å²) in [4.78, 5) is 16.2. The number of phenols is 1. The number of urea groups is 1. The summed E-state index contributed by atoms with van der Waals surface area (Å²) in [7, 11) is 0. The second-order valence-electron chi connectivity index (χ2n) is 6.64. The van der Waals surface area contributed by atoms with Crippen LogP contribution >= 0.6 is 0 Å². The summed E-state index contributed by atoms with van der Waals surface area (Å²) in [6, 6.07) is 14.9. The van der Waals surface area contributed by atoms with Crippen LogP contribution in [0.1, 0.15) is 5.56 Å². The van der Waals surface area contributed by atoms with Gasteiger partial charge >= 0.3 is 6.03 Å². The van der Waals surface area contributed by atoms with Crippen molar-refractivity contribution in [3.63, 3.8) is 0 Å². The van der Waals surface area contributed by atoms with Crippen molar-refractivity contribution in [2.24, 2.45) is 0 Å². The van der Waals surface area contributed by atoms with Gasteiger partial charge in [-0.1, -0.05) is 0 Å². The zero-order chi connectivity index (χ0) is 22.7. The number of carbonyl (C=O) groups is 1. The zero-order valence-corrected chi connectivity index (χ0v) is 16.3. The van der Waals surface area contributed by atoms with Crippen LogP contribution in [0.3, 0.4) is 0 Å². The van der Waals surface area contributed by atoms with Crippen LogP contribution < -0.4 is 15.4 Å². The van der Waals surface area contributed by atoms with Crippen molar-refractivity contribution in [2.45, 2.75) is 0 Å². The SMILES string of the molecule is N#Cc1cc2c(Oc3ccc(NC(=O)Nc4ccc(F)cc4F)cc3)ccnc2cc1O. The summed E-state index contributed by atoms with van der Waals surface area (Å²) in [6.45, 7) is 0. The minimum Gasteiger partial charge on any atom is -0.506 e. The van der Waals surface area contributed by atoms with Crippen LogP contribution in [0.2, 0.25) is 0 Å². The van der Waals surface area contributed by atoms with Crippen molar-refractivity contribution in [3.8, 4) is 23.3 Å². The van der Waals surface area contributed by atoms with Gasteiger partial charge in [0.1, 0.15) is 35.0 Å². The third-order valence-electron chi connectivity index (χ3n) is 4.46. The molecule has 4 aromatic rings. The Balaban J connectivity index is 1.47. The van der Waals surface area contributed by atoms with Crippen LogP contribution in [0.5, 0.6) is 17.2 Å². The van der Waals surface area contributed by atoms with E-state index in [4.69, 9.17) is 10.00 Å². The van der Waals surface area contributed by atoms with Crippen molar-refractivity contribution in [2.75, 3.05) is 10.6 Å². The summed E-state index contributed by atoms with van der Waals surface area (Å²) >= 11 is 0. The summed E-state index contributed by atoms with van der Waals surface area (Å²) < 4.78 is 32.5. The van der Waals surface area contributed by atoms with Crippen molar-refractivity contribution in [1.82, 2.24) is 4.98 Å². The molecule has 0 saturated carbocycles. The molecular formula is C23H14F2N4O3. The van der Waals surface area contributed by atoms with Gasteiger partial charge in [0.25, 0.3) is 0 Å². The zero-order valence-electron chi connectivity index (χ0n) is 16.3. The molecule has 0 saturated heterocycles. The highest BCUT2D eigenvalue weighted by Crippen LogP contribution is 2.32. The first-order valence-corrected chi connectivity index (χ1v) is 9.26. The first kappa shape index (κ1) is 20.6. The van der Waals surface area contributed by atoms with Gasteiger partial charge in [0, 0.05) is 29.4 Å². The van der Waals surface area contributed by atoms with Gasteiger partial charge in [-0.3, -0.25) is 4.98 Å². The number of aromatic hydroxyl groups is 1. The Bertz CT molecular complexity index is 1370. The largest absolute Gasteiger partial charge is 0.506 e. The van der Waals surface area contributed by atoms with Gasteiger partial charge in [0.15, 0.2) is 0 Å². The molecule has 3 aromatic carbocycles. The Morgan fingerprint density at radius 1 is 1.03 bits per heavy atom. The van der Waals surface area contributed by atoms with E-state index in [1.54, 1.807) is 30.3 Å². The summed E-state index contributed by atoms with van der Waals surface area (Å²) in [5, 5.41) is 24.3. The lowest BCUT2D eigenvalue weighted by Crippen LogP contribution is -2.20. The lowest BCUT2D eigenvalue weighted by molar-refractivity contribution is 0.262. The molecule has 0 atom stereocenters. The van der Waals surface area contributed by atoms with Crippen LogP contribution in [0.15, 0.2) is 66.9 Å². The number of hydrogen-bond donors (Lipinski definition) is 3. The number of ether oxygens (including phenoxy) is 1. The van der Waals surface area contributed by atoms with Crippen molar-refractivity contribution in [1.29, 1.82) is 5.26 Å². The number of anilines is 2. The van der Waals surface area contributed by atoms with Gasteiger partial charge in [-0.2, -0.15) is 5.26 Å². The molecule has 0 bridgehead atoms. The van der Waals surface area contributed by atoms with Crippen LogP contribution in [0.25, 0.3) is 10.9 Å². The first-order valence-electron chi connectivity index (χ1n) is 9.26. The minimum atomic E-state index is -0.888. The van der Waals surface area contributed by atoms with Crippen molar-refractivity contribution >= 4 is 28.3 Å². The molecule has 0 fully saturated rings. The standard InChI is InChI=1S/C23H14F2N4O3/c24-14-1-6-19(18(25)10-14)29-23(31)28-15-2-4-16(5-3-15)32-22-7-8-27-20-11-21(30)13(12-26)9-17(20)22/h1-11,30H,(H2,28,29,31). The van der Waals surface area contributed by atoms with E-state index in [0.717, 1.165) is 12.1 Å². The lowest BCUT2D eigenvalue weighted by atomic mass is 10.1. The van der Waals surface area contributed by atoms with E-state index >= 15 is 0 Å². The normalized spacial score (nSPS) is 10.4. The number of nitriles is 1. The Morgan fingerprint density at radius 2 is 1.81 bits per heavy atom. The van der Waals surface area contributed by atoms with Gasteiger partial charge in [-0.15, -0.1) is 0 Å². The average molecular weight is 432 g/mol. The maximum atomic E-state index is 13.7. The number of hydrogen-bond acceptors (Lipinski definition) is 5. The number of nitrogens with zero attached hydrogens (tertiary/aromatic N) is 2. The molecule has 7 nitrogen and oxygen atoms in total. The Labute approximate surface area is 180 Å². The van der Waals surface area contributed by atoms with Crippen molar-refractivity contribution < 1.29 is 23.4 Å². The van der Waals surface area contributed by atoms with Crippen LogP contribution in [0.4, 0.5) is 25.0 Å². The second kappa shape index (κ2) is 8.57. The Hall–Kier alpha value is -4.71. The van der Waals surface area contributed by atoms with E-state index in [-0.39, 0.29) is 17.0 Å². The third-order valence-corrected chi connectivity index (χ3v) is 4.46. The van der Waals surface area contributed by atoms with Gasteiger partial charge in [-0.05, 0) is 48.5 Å². The van der Waals surface area contributed by atoms with E-state index in [0.29, 0.717) is 34.2 Å². The number of phenolic OH excluding ortho intramolecular Hbond substituents is 1. The van der Waals surface area contributed by atoms with Gasteiger partial charge in [-0.25, -0.2) is 13.6 Å². The topological polar surface area (TPSA) is 107 Å². The third kappa shape index (κ3) is 4.39. The maximum absolute atomic E-state index is 13.7. The smallest absolute Gasteiger partial charge is 0.323 e. The average Bonchev–Trinajstić information content (AvgIpc) is 2.77. The first-order chi connectivity index (χ1) is 15.4. The summed E-state index contributed by atoms with van der Waals surface area (Å²) in [5.41, 5.74) is 0.810. The van der Waals surface area contributed by atoms with E-state index in [2.05, 4.69) is 15.6 Å². The molecule has 4 rings (SSSR count). The van der Waals surface area contributed by atoms with Gasteiger partial charge < -0.3 is 20.5 Å². The second-order valence-corrected chi connectivity index (χ2v) is 6.64. The molecule has 2 amide bonds. The molecule has 9 heteroatoms. The summed E-state index contributed by atoms with van der Waals surface area (Å²) in [6.07, 6.45) is 1.51. The number of aromatic nitrogens is 1. The predicted octanol–water partition coefficient (Wildman–Crippen LogP) is 5.53. The molecule has 3 N–H and O–H groups in total. The number of amides is 2. The van der Waals surface area contributed by atoms with Gasteiger partial charge in [0.2, 0.25) is 0 Å². The van der Waals surface area contributed by atoms with Crippen LogP contribution in [-0.4, -0.2) is 16.1 Å². The summed E-state index contributed by atoms with van der Waals surface area (Å²) in [5.74, 6) is -0.928. The van der Waals surface area contributed by atoms with Crippen molar-refractivity contribution in [3.05, 3.63) is 84.1 Å². The molecule has 0 radical (unpaired) electrons. The number of rotatable bonds is 4. The molecule has 32 heavy (non-hydrogen) atoms. The fourth-order valence-corrected chi connectivity index (χ4v) is 2.94. The quantitative estimate of drug-likeness (QED) is 0.393. The maximum Gasteiger partial charge on any atom is 0.323 e. The number of nitrogens with one attached hydrogen (secondary N) is 2. The van der Waals surface area contributed by atoms with Crippen LogP contribution in [-0.2, 0) is 0 Å². The monoisotopic (exact) mass is 432 g/mol. The molecule has 0 aliphatic carbocycles. The van der Waals surface area contributed by atoms with E-state index in [9.17, 15) is 18.7 Å². The Morgan fingerprint density at radius 3 is 2.53 bits per heavy atom. The number of pyridine rings is 1. The highest BCUT2D eigenvalue weighted by atomic mass is 19.1. The fraction of sp³-hybridized carbons (Fsp3) is 0. The highest BCUT2D eigenvalue weighted by molar-refractivity contribution is 5.99. The van der Waals surface area contributed by atoms with E-state index < -0.39 is 17.7 Å². The van der Waals surface area contributed by atoms with E-state index in [1.807, 2.05) is 6.07 Å². The Kier molecular flexibility index (Phi) is 5.51.